The molecule has 132 valence electrons. The monoisotopic (exact) mass is 354 g/mol. The lowest BCUT2D eigenvalue weighted by atomic mass is 10.0. The summed E-state index contributed by atoms with van der Waals surface area (Å²) >= 11 is 0. The zero-order chi connectivity index (χ0) is 16.4. The van der Waals surface area contributed by atoms with Crippen molar-refractivity contribution >= 4 is 12.4 Å². The van der Waals surface area contributed by atoms with Crippen LogP contribution in [0.15, 0.2) is 22.7 Å². The van der Waals surface area contributed by atoms with Crippen LogP contribution in [0.3, 0.4) is 0 Å². The second kappa shape index (κ2) is 8.05. The maximum Gasteiger partial charge on any atom is 0.244 e. The molecule has 7 heteroatoms. The highest BCUT2D eigenvalue weighted by atomic mass is 35.5. The van der Waals surface area contributed by atoms with E-state index >= 15 is 0 Å². The number of piperidine rings is 1. The smallest absolute Gasteiger partial charge is 0.244 e. The maximum atomic E-state index is 13.4. The summed E-state index contributed by atoms with van der Waals surface area (Å²) in [6.07, 6.45) is 2.36. The summed E-state index contributed by atoms with van der Waals surface area (Å²) in [6.45, 7) is 5.83. The van der Waals surface area contributed by atoms with Gasteiger partial charge in [0.1, 0.15) is 5.82 Å². The standard InChI is InChI=1S/C17H23FN4O.ClH/c1-11-9-13(6-7-15(11)18)16-20-17(23-21-16)12(2)22-8-4-5-14(10-22)19-3;/h6-7,9,12,14,19H,4-5,8,10H2,1-3H3;1H. The van der Waals surface area contributed by atoms with E-state index in [1.807, 2.05) is 7.05 Å². The van der Waals surface area contributed by atoms with Gasteiger partial charge in [-0.2, -0.15) is 4.98 Å². The van der Waals surface area contributed by atoms with E-state index in [2.05, 4.69) is 27.3 Å². The van der Waals surface area contributed by atoms with Crippen molar-refractivity contribution in [1.29, 1.82) is 0 Å². The van der Waals surface area contributed by atoms with E-state index in [9.17, 15) is 4.39 Å². The van der Waals surface area contributed by atoms with Gasteiger partial charge in [-0.3, -0.25) is 4.90 Å². The molecule has 5 nitrogen and oxygen atoms in total. The van der Waals surface area contributed by atoms with Crippen molar-refractivity contribution in [1.82, 2.24) is 20.4 Å². The lowest BCUT2D eigenvalue weighted by Crippen LogP contribution is -2.45. The van der Waals surface area contributed by atoms with Gasteiger partial charge in [-0.15, -0.1) is 12.4 Å². The first-order chi connectivity index (χ1) is 11.1. The van der Waals surface area contributed by atoms with Gasteiger partial charge in [-0.1, -0.05) is 5.16 Å². The molecule has 1 aromatic heterocycles. The van der Waals surface area contributed by atoms with E-state index in [0.29, 0.717) is 23.3 Å². The Morgan fingerprint density at radius 3 is 2.92 bits per heavy atom. The lowest BCUT2D eigenvalue weighted by molar-refractivity contribution is 0.126. The van der Waals surface area contributed by atoms with Gasteiger partial charge >= 0.3 is 0 Å². The molecule has 1 fully saturated rings. The van der Waals surface area contributed by atoms with E-state index in [1.54, 1.807) is 19.1 Å². The molecule has 24 heavy (non-hydrogen) atoms. The summed E-state index contributed by atoms with van der Waals surface area (Å²) in [5.74, 6) is 0.896. The predicted octanol–water partition coefficient (Wildman–Crippen LogP) is 3.35. The first-order valence-corrected chi connectivity index (χ1v) is 8.10. The molecule has 2 aromatic rings. The van der Waals surface area contributed by atoms with Crippen LogP contribution in [0.4, 0.5) is 4.39 Å². The fraction of sp³-hybridized carbons (Fsp3) is 0.529. The number of rotatable bonds is 4. The summed E-state index contributed by atoms with van der Waals surface area (Å²) in [6, 6.07) is 5.44. The van der Waals surface area contributed by atoms with Crippen molar-refractivity contribution in [3.63, 3.8) is 0 Å². The number of benzene rings is 1. The topological polar surface area (TPSA) is 54.2 Å². The van der Waals surface area contributed by atoms with E-state index in [4.69, 9.17) is 4.52 Å². The molecule has 0 spiro atoms. The molecule has 1 N–H and O–H groups in total. The number of likely N-dealkylation sites (tertiary alicyclic amines) is 1. The second-order valence-corrected chi connectivity index (χ2v) is 6.22. The summed E-state index contributed by atoms with van der Waals surface area (Å²) in [4.78, 5) is 6.87. The zero-order valence-corrected chi connectivity index (χ0v) is 15.1. The summed E-state index contributed by atoms with van der Waals surface area (Å²) < 4.78 is 18.8. The molecule has 2 heterocycles. The van der Waals surface area contributed by atoms with Gasteiger partial charge in [-0.05, 0) is 64.0 Å². The van der Waals surface area contributed by atoms with Gasteiger partial charge < -0.3 is 9.84 Å². The summed E-state index contributed by atoms with van der Waals surface area (Å²) in [7, 11) is 2.00. The van der Waals surface area contributed by atoms with Crippen LogP contribution >= 0.6 is 12.4 Å². The highest BCUT2D eigenvalue weighted by molar-refractivity contribution is 5.85. The normalized spacial score (nSPS) is 19.8. The van der Waals surface area contributed by atoms with E-state index in [0.717, 1.165) is 25.1 Å². The molecule has 1 aliphatic rings. The average Bonchev–Trinajstić information content (AvgIpc) is 3.06. The van der Waals surface area contributed by atoms with Crippen LogP contribution in [0.25, 0.3) is 11.4 Å². The molecule has 2 unspecified atom stereocenters. The minimum Gasteiger partial charge on any atom is -0.337 e. The number of aromatic nitrogens is 2. The molecule has 1 aliphatic heterocycles. The first-order valence-electron chi connectivity index (χ1n) is 8.10. The Morgan fingerprint density at radius 2 is 2.21 bits per heavy atom. The summed E-state index contributed by atoms with van der Waals surface area (Å²) in [5, 5.41) is 7.40. The highest BCUT2D eigenvalue weighted by Gasteiger charge is 2.27. The number of aryl methyl sites for hydroxylation is 1. The van der Waals surface area contributed by atoms with Crippen LogP contribution in [0, 0.1) is 12.7 Å². The van der Waals surface area contributed by atoms with E-state index < -0.39 is 0 Å². The van der Waals surface area contributed by atoms with Gasteiger partial charge in [-0.25, -0.2) is 4.39 Å². The third kappa shape index (κ3) is 3.94. The molecular weight excluding hydrogens is 331 g/mol. The molecule has 0 amide bonds. The van der Waals surface area contributed by atoms with Crippen molar-refractivity contribution < 1.29 is 8.91 Å². The van der Waals surface area contributed by atoms with Crippen LogP contribution in [0.5, 0.6) is 0 Å². The SMILES string of the molecule is CNC1CCCN(C(C)c2nc(-c3ccc(F)c(C)c3)no2)C1.Cl. The van der Waals surface area contributed by atoms with Crippen LogP contribution in [0.1, 0.15) is 37.3 Å². The van der Waals surface area contributed by atoms with Gasteiger partial charge in [0.05, 0.1) is 6.04 Å². The fourth-order valence-electron chi connectivity index (χ4n) is 3.06. The zero-order valence-electron chi connectivity index (χ0n) is 14.3. The van der Waals surface area contributed by atoms with Gasteiger partial charge in [0.25, 0.3) is 0 Å². The van der Waals surface area contributed by atoms with Gasteiger partial charge in [0, 0.05) is 18.2 Å². The number of hydrogen-bond donors (Lipinski definition) is 1. The van der Waals surface area contributed by atoms with Crippen molar-refractivity contribution in [3.05, 3.63) is 35.5 Å². The molecule has 1 saturated heterocycles. The number of hydrogen-bond acceptors (Lipinski definition) is 5. The Labute approximate surface area is 148 Å². The Kier molecular flexibility index (Phi) is 6.32. The molecule has 0 saturated carbocycles. The molecule has 0 bridgehead atoms. The fourth-order valence-corrected chi connectivity index (χ4v) is 3.06. The van der Waals surface area contributed by atoms with Crippen LogP contribution in [0.2, 0.25) is 0 Å². The largest absolute Gasteiger partial charge is 0.337 e. The van der Waals surface area contributed by atoms with Crippen molar-refractivity contribution in [3.8, 4) is 11.4 Å². The molecule has 1 aromatic carbocycles. The molecule has 2 atom stereocenters. The van der Waals surface area contributed by atoms with Gasteiger partial charge in [0.2, 0.25) is 11.7 Å². The van der Waals surface area contributed by atoms with E-state index in [1.165, 1.54) is 12.5 Å². The Balaban J connectivity index is 0.00000208. The minimum atomic E-state index is -0.225. The molecule has 0 aliphatic carbocycles. The Bertz CT molecular complexity index is 678. The average molecular weight is 355 g/mol. The number of nitrogens with zero attached hydrogens (tertiary/aromatic N) is 3. The quantitative estimate of drug-likeness (QED) is 0.912. The molecular formula is C17H24ClFN4O. The predicted molar refractivity (Wildman–Crippen MR) is 93.7 cm³/mol. The second-order valence-electron chi connectivity index (χ2n) is 6.22. The summed E-state index contributed by atoms with van der Waals surface area (Å²) in [5.41, 5.74) is 1.35. The minimum absolute atomic E-state index is 0. The number of likely N-dealkylation sites (N-methyl/N-ethyl adjacent to an activating group) is 1. The molecule has 0 radical (unpaired) electrons. The van der Waals surface area contributed by atoms with Crippen molar-refractivity contribution in [2.24, 2.45) is 0 Å². The van der Waals surface area contributed by atoms with Crippen LogP contribution in [-0.2, 0) is 0 Å². The molecule has 3 rings (SSSR count). The first kappa shape index (κ1) is 18.8. The Morgan fingerprint density at radius 1 is 1.42 bits per heavy atom. The van der Waals surface area contributed by atoms with E-state index in [-0.39, 0.29) is 24.3 Å². The lowest BCUT2D eigenvalue weighted by Gasteiger charge is -2.35. The van der Waals surface area contributed by atoms with Crippen molar-refractivity contribution in [2.75, 3.05) is 20.1 Å². The van der Waals surface area contributed by atoms with Gasteiger partial charge in [0.15, 0.2) is 0 Å². The highest BCUT2D eigenvalue weighted by Crippen LogP contribution is 2.26. The number of nitrogens with one attached hydrogen (secondary N) is 1. The van der Waals surface area contributed by atoms with Crippen LogP contribution in [-0.4, -0.2) is 41.2 Å². The Hall–Kier alpha value is -1.50. The maximum absolute atomic E-state index is 13.4. The van der Waals surface area contributed by atoms with Crippen molar-refractivity contribution in [2.45, 2.75) is 38.8 Å². The van der Waals surface area contributed by atoms with Crippen LogP contribution < -0.4 is 5.32 Å². The third-order valence-electron chi connectivity index (χ3n) is 4.62. The number of halogens is 2. The third-order valence-corrected chi connectivity index (χ3v) is 4.62.